The minimum absolute atomic E-state index is 0.619. The van der Waals surface area contributed by atoms with E-state index in [-0.39, 0.29) is 0 Å². The standard InChI is InChI=1S/C21H24N6O/c1-2-28-18-8-4-3-7-17(18)25-19-15-21(24-16-23-19)27-13-11-26(12-14-27)20-9-5-6-10-22-20/h3-10,15-16H,2,11-14H2,1H3,(H,23,24,25). The fraction of sp³-hybridized carbons (Fsp3) is 0.286. The van der Waals surface area contributed by atoms with E-state index in [1.54, 1.807) is 6.33 Å². The number of aromatic nitrogens is 3. The number of hydrogen-bond acceptors (Lipinski definition) is 7. The van der Waals surface area contributed by atoms with Gasteiger partial charge in [0.1, 0.15) is 29.5 Å². The molecule has 0 bridgehead atoms. The summed E-state index contributed by atoms with van der Waals surface area (Å²) in [7, 11) is 0. The van der Waals surface area contributed by atoms with Crippen LogP contribution in [0.15, 0.2) is 61.1 Å². The van der Waals surface area contributed by atoms with E-state index in [2.05, 4.69) is 36.1 Å². The fourth-order valence-electron chi connectivity index (χ4n) is 3.28. The lowest BCUT2D eigenvalue weighted by atomic mass is 10.3. The minimum atomic E-state index is 0.619. The van der Waals surface area contributed by atoms with E-state index < -0.39 is 0 Å². The molecule has 3 heterocycles. The maximum atomic E-state index is 5.68. The number of anilines is 4. The van der Waals surface area contributed by atoms with Crippen LogP contribution in [-0.4, -0.2) is 47.7 Å². The number of rotatable bonds is 6. The quantitative estimate of drug-likeness (QED) is 0.708. The summed E-state index contributed by atoms with van der Waals surface area (Å²) < 4.78 is 5.68. The minimum Gasteiger partial charge on any atom is -0.492 e. The first-order valence-corrected chi connectivity index (χ1v) is 9.55. The van der Waals surface area contributed by atoms with E-state index in [9.17, 15) is 0 Å². The summed E-state index contributed by atoms with van der Waals surface area (Å²) in [5, 5.41) is 3.35. The second-order valence-corrected chi connectivity index (χ2v) is 6.48. The van der Waals surface area contributed by atoms with E-state index in [1.807, 2.05) is 55.6 Å². The molecule has 144 valence electrons. The topological polar surface area (TPSA) is 66.4 Å². The van der Waals surface area contributed by atoms with Crippen molar-refractivity contribution < 1.29 is 4.74 Å². The number of ether oxygens (including phenoxy) is 1. The van der Waals surface area contributed by atoms with Gasteiger partial charge in [-0.25, -0.2) is 15.0 Å². The van der Waals surface area contributed by atoms with Crippen LogP contribution < -0.4 is 19.9 Å². The SMILES string of the molecule is CCOc1ccccc1Nc1cc(N2CCN(c3ccccn3)CC2)ncn1. The van der Waals surface area contributed by atoms with Gasteiger partial charge in [0.15, 0.2) is 0 Å². The van der Waals surface area contributed by atoms with Crippen molar-refractivity contribution in [2.24, 2.45) is 0 Å². The summed E-state index contributed by atoms with van der Waals surface area (Å²) >= 11 is 0. The molecular formula is C21H24N6O. The van der Waals surface area contributed by atoms with Gasteiger partial charge < -0.3 is 19.9 Å². The molecule has 0 amide bonds. The van der Waals surface area contributed by atoms with Crippen molar-refractivity contribution in [2.75, 3.05) is 47.9 Å². The maximum absolute atomic E-state index is 5.68. The van der Waals surface area contributed by atoms with Crippen molar-refractivity contribution in [1.82, 2.24) is 15.0 Å². The fourth-order valence-corrected chi connectivity index (χ4v) is 3.28. The summed E-state index contributed by atoms with van der Waals surface area (Å²) in [5.74, 6) is 3.52. The highest BCUT2D eigenvalue weighted by Crippen LogP contribution is 2.27. The van der Waals surface area contributed by atoms with Gasteiger partial charge in [-0.15, -0.1) is 0 Å². The molecule has 1 aromatic carbocycles. The third kappa shape index (κ3) is 4.14. The van der Waals surface area contributed by atoms with Crippen LogP contribution in [0.4, 0.5) is 23.1 Å². The van der Waals surface area contributed by atoms with Crippen molar-refractivity contribution >= 4 is 23.1 Å². The van der Waals surface area contributed by atoms with Crippen molar-refractivity contribution in [3.8, 4) is 5.75 Å². The monoisotopic (exact) mass is 376 g/mol. The first-order chi connectivity index (χ1) is 13.8. The molecule has 0 unspecified atom stereocenters. The predicted octanol–water partition coefficient (Wildman–Crippen LogP) is 3.34. The summed E-state index contributed by atoms with van der Waals surface area (Å²) in [6, 6.07) is 15.9. The highest BCUT2D eigenvalue weighted by molar-refractivity contribution is 5.65. The summed E-state index contributed by atoms with van der Waals surface area (Å²) in [6.45, 7) is 6.21. The lowest BCUT2D eigenvalue weighted by Crippen LogP contribution is -2.47. The largest absolute Gasteiger partial charge is 0.492 e. The Hall–Kier alpha value is -3.35. The van der Waals surface area contributed by atoms with Gasteiger partial charge in [0, 0.05) is 38.4 Å². The Morgan fingerprint density at radius 3 is 2.39 bits per heavy atom. The first-order valence-electron chi connectivity index (χ1n) is 9.55. The molecule has 7 nitrogen and oxygen atoms in total. The van der Waals surface area contributed by atoms with Crippen LogP contribution in [0, 0.1) is 0 Å². The van der Waals surface area contributed by atoms with E-state index in [0.29, 0.717) is 6.61 Å². The summed E-state index contributed by atoms with van der Waals surface area (Å²) in [4.78, 5) is 17.9. The van der Waals surface area contributed by atoms with Gasteiger partial charge in [-0.1, -0.05) is 18.2 Å². The molecule has 1 aliphatic rings. The smallest absolute Gasteiger partial charge is 0.142 e. The normalized spacial score (nSPS) is 14.0. The Morgan fingerprint density at radius 1 is 0.893 bits per heavy atom. The van der Waals surface area contributed by atoms with Crippen LogP contribution in [0.2, 0.25) is 0 Å². The molecule has 1 saturated heterocycles. The summed E-state index contributed by atoms with van der Waals surface area (Å²) in [5.41, 5.74) is 0.897. The molecule has 1 fully saturated rings. The Bertz CT molecular complexity index is 896. The molecule has 0 aliphatic carbocycles. The van der Waals surface area contributed by atoms with Crippen LogP contribution in [0.1, 0.15) is 6.92 Å². The average Bonchev–Trinajstić information content (AvgIpc) is 2.76. The number of hydrogen-bond donors (Lipinski definition) is 1. The Morgan fingerprint density at radius 2 is 1.64 bits per heavy atom. The van der Waals surface area contributed by atoms with Gasteiger partial charge in [0.2, 0.25) is 0 Å². The first kappa shape index (κ1) is 18.0. The maximum Gasteiger partial charge on any atom is 0.142 e. The van der Waals surface area contributed by atoms with Gasteiger partial charge in [-0.2, -0.15) is 0 Å². The highest BCUT2D eigenvalue weighted by Gasteiger charge is 2.19. The Balaban J connectivity index is 1.43. The third-order valence-electron chi connectivity index (χ3n) is 4.68. The molecule has 0 saturated carbocycles. The molecule has 1 N–H and O–H groups in total. The Kier molecular flexibility index (Phi) is 5.51. The zero-order valence-corrected chi connectivity index (χ0v) is 16.0. The molecule has 4 rings (SSSR count). The molecule has 28 heavy (non-hydrogen) atoms. The molecule has 2 aromatic heterocycles. The molecular weight excluding hydrogens is 352 g/mol. The van der Waals surface area contributed by atoms with Crippen molar-refractivity contribution in [3.05, 3.63) is 61.1 Å². The van der Waals surface area contributed by atoms with Crippen LogP contribution in [0.3, 0.4) is 0 Å². The lowest BCUT2D eigenvalue weighted by molar-refractivity contribution is 0.342. The zero-order valence-electron chi connectivity index (χ0n) is 16.0. The molecule has 0 atom stereocenters. The number of para-hydroxylation sites is 2. The van der Waals surface area contributed by atoms with Crippen molar-refractivity contribution in [1.29, 1.82) is 0 Å². The van der Waals surface area contributed by atoms with Gasteiger partial charge in [0.25, 0.3) is 0 Å². The molecule has 0 spiro atoms. The number of nitrogens with one attached hydrogen (secondary N) is 1. The van der Waals surface area contributed by atoms with E-state index >= 15 is 0 Å². The van der Waals surface area contributed by atoms with E-state index in [1.165, 1.54) is 0 Å². The number of piperazine rings is 1. The third-order valence-corrected chi connectivity index (χ3v) is 4.68. The van der Waals surface area contributed by atoms with E-state index in [4.69, 9.17) is 4.74 Å². The lowest BCUT2D eigenvalue weighted by Gasteiger charge is -2.36. The van der Waals surface area contributed by atoms with Crippen LogP contribution in [-0.2, 0) is 0 Å². The van der Waals surface area contributed by atoms with Crippen LogP contribution in [0.25, 0.3) is 0 Å². The average molecular weight is 376 g/mol. The molecule has 0 radical (unpaired) electrons. The van der Waals surface area contributed by atoms with Crippen LogP contribution >= 0.6 is 0 Å². The summed E-state index contributed by atoms with van der Waals surface area (Å²) in [6.07, 6.45) is 3.44. The van der Waals surface area contributed by atoms with Crippen molar-refractivity contribution in [3.63, 3.8) is 0 Å². The van der Waals surface area contributed by atoms with Gasteiger partial charge in [-0.05, 0) is 31.2 Å². The van der Waals surface area contributed by atoms with Gasteiger partial charge in [-0.3, -0.25) is 0 Å². The van der Waals surface area contributed by atoms with E-state index in [0.717, 1.165) is 55.1 Å². The van der Waals surface area contributed by atoms with Gasteiger partial charge in [0.05, 0.1) is 12.3 Å². The second-order valence-electron chi connectivity index (χ2n) is 6.48. The van der Waals surface area contributed by atoms with Crippen LogP contribution in [0.5, 0.6) is 5.75 Å². The zero-order chi connectivity index (χ0) is 19.2. The molecule has 1 aliphatic heterocycles. The second kappa shape index (κ2) is 8.56. The van der Waals surface area contributed by atoms with Gasteiger partial charge >= 0.3 is 0 Å². The predicted molar refractivity (Wildman–Crippen MR) is 112 cm³/mol. The number of nitrogens with zero attached hydrogens (tertiary/aromatic N) is 5. The number of benzene rings is 1. The Labute approximate surface area is 165 Å². The van der Waals surface area contributed by atoms with Crippen molar-refractivity contribution in [2.45, 2.75) is 6.92 Å². The number of pyridine rings is 1. The molecule has 3 aromatic rings. The highest BCUT2D eigenvalue weighted by atomic mass is 16.5. The molecule has 7 heteroatoms.